The van der Waals surface area contributed by atoms with Crippen molar-refractivity contribution in [3.05, 3.63) is 35.9 Å². The van der Waals surface area contributed by atoms with Crippen molar-refractivity contribution < 1.29 is 17.9 Å². The van der Waals surface area contributed by atoms with E-state index in [1.807, 2.05) is 30.3 Å². The van der Waals surface area contributed by atoms with Crippen LogP contribution in [0.2, 0.25) is 0 Å². The highest BCUT2D eigenvalue weighted by Crippen LogP contribution is 2.21. The van der Waals surface area contributed by atoms with Crippen molar-refractivity contribution in [1.82, 2.24) is 0 Å². The van der Waals surface area contributed by atoms with E-state index in [1.165, 1.54) is 0 Å². The van der Waals surface area contributed by atoms with Gasteiger partial charge >= 0.3 is 0 Å². The molecule has 6 heteroatoms. The second-order valence-corrected chi connectivity index (χ2v) is 7.45. The third kappa shape index (κ3) is 5.10. The molecule has 0 spiro atoms. The van der Waals surface area contributed by atoms with E-state index in [0.29, 0.717) is 19.8 Å². The molecule has 0 amide bonds. The number of ether oxygens (including phenoxy) is 2. The highest BCUT2D eigenvalue weighted by atomic mass is 35.7. The fourth-order valence-electron chi connectivity index (χ4n) is 2.10. The Morgan fingerprint density at radius 1 is 1.37 bits per heavy atom. The molecule has 0 aliphatic carbocycles. The summed E-state index contributed by atoms with van der Waals surface area (Å²) >= 11 is 0. The van der Waals surface area contributed by atoms with Gasteiger partial charge in [-0.05, 0) is 12.0 Å². The Balaban J connectivity index is 2.01. The molecule has 2 atom stereocenters. The molecule has 106 valence electrons. The summed E-state index contributed by atoms with van der Waals surface area (Å²) in [5, 5.41) is 0. The molecule has 1 aliphatic rings. The molecule has 1 saturated heterocycles. The predicted octanol–water partition coefficient (Wildman–Crippen LogP) is 2.14. The van der Waals surface area contributed by atoms with Gasteiger partial charge in [-0.1, -0.05) is 30.3 Å². The summed E-state index contributed by atoms with van der Waals surface area (Å²) in [5.74, 6) is -0.365. The Morgan fingerprint density at radius 3 is 2.68 bits per heavy atom. The van der Waals surface area contributed by atoms with Crippen LogP contribution in [0.3, 0.4) is 0 Å². The van der Waals surface area contributed by atoms with E-state index >= 15 is 0 Å². The lowest BCUT2D eigenvalue weighted by Gasteiger charge is -2.18. The molecule has 1 aromatic rings. The topological polar surface area (TPSA) is 52.6 Å². The molecular weight excluding hydrogens is 288 g/mol. The van der Waals surface area contributed by atoms with Crippen molar-refractivity contribution in [2.45, 2.75) is 18.4 Å². The summed E-state index contributed by atoms with van der Waals surface area (Å²) in [4.78, 5) is 0. The minimum absolute atomic E-state index is 0.0595. The van der Waals surface area contributed by atoms with Crippen molar-refractivity contribution in [2.75, 3.05) is 25.6 Å². The Hall–Kier alpha value is -0.620. The van der Waals surface area contributed by atoms with Crippen LogP contribution in [0.5, 0.6) is 0 Å². The molecule has 1 aliphatic heterocycles. The third-order valence-electron chi connectivity index (χ3n) is 3.09. The second kappa shape index (κ2) is 6.70. The Morgan fingerprint density at radius 2 is 2.11 bits per heavy atom. The molecule has 0 radical (unpaired) electrons. The van der Waals surface area contributed by atoms with Crippen LogP contribution in [-0.4, -0.2) is 40.1 Å². The van der Waals surface area contributed by atoms with Gasteiger partial charge in [0.25, 0.3) is 0 Å². The first kappa shape index (κ1) is 14.8. The van der Waals surface area contributed by atoms with Crippen LogP contribution in [0.25, 0.3) is 0 Å². The van der Waals surface area contributed by atoms with E-state index in [9.17, 15) is 8.42 Å². The van der Waals surface area contributed by atoms with E-state index in [0.717, 1.165) is 12.0 Å². The summed E-state index contributed by atoms with van der Waals surface area (Å²) in [5.41, 5.74) is 0.922. The predicted molar refractivity (Wildman–Crippen MR) is 74.0 cm³/mol. The minimum Gasteiger partial charge on any atom is -0.379 e. The maximum Gasteiger partial charge on any atom is 0.233 e. The van der Waals surface area contributed by atoms with Crippen LogP contribution in [0, 0.1) is 0 Å². The minimum atomic E-state index is -3.56. The van der Waals surface area contributed by atoms with E-state index in [4.69, 9.17) is 20.2 Å². The lowest BCUT2D eigenvalue weighted by Crippen LogP contribution is -2.21. The first-order chi connectivity index (χ1) is 9.04. The normalized spacial score (nSPS) is 21.4. The van der Waals surface area contributed by atoms with Gasteiger partial charge in [0, 0.05) is 23.2 Å². The summed E-state index contributed by atoms with van der Waals surface area (Å²) in [6.07, 6.45) is 0.916. The average molecular weight is 305 g/mol. The summed E-state index contributed by atoms with van der Waals surface area (Å²) in [7, 11) is 1.81. The smallest absolute Gasteiger partial charge is 0.233 e. The van der Waals surface area contributed by atoms with E-state index in [2.05, 4.69) is 0 Å². The molecule has 2 rings (SSSR count). The quantitative estimate of drug-likeness (QED) is 0.756. The highest BCUT2D eigenvalue weighted by molar-refractivity contribution is 8.13. The van der Waals surface area contributed by atoms with Crippen molar-refractivity contribution >= 4 is 19.7 Å². The van der Waals surface area contributed by atoms with Crippen LogP contribution in [-0.2, 0) is 18.5 Å². The molecule has 2 unspecified atom stereocenters. The zero-order valence-electron chi connectivity index (χ0n) is 10.5. The van der Waals surface area contributed by atoms with Crippen LogP contribution in [0.15, 0.2) is 30.3 Å². The Bertz CT molecular complexity index is 483. The van der Waals surface area contributed by atoms with E-state index in [-0.39, 0.29) is 17.8 Å². The highest BCUT2D eigenvalue weighted by Gasteiger charge is 2.22. The van der Waals surface area contributed by atoms with Crippen molar-refractivity contribution in [3.8, 4) is 0 Å². The zero-order valence-corrected chi connectivity index (χ0v) is 12.1. The molecule has 1 heterocycles. The third-order valence-corrected chi connectivity index (χ3v) is 4.27. The molecule has 1 aromatic carbocycles. The van der Waals surface area contributed by atoms with E-state index in [1.54, 1.807) is 0 Å². The number of hydrogen-bond acceptors (Lipinski definition) is 4. The fourth-order valence-corrected chi connectivity index (χ4v) is 3.33. The number of hydrogen-bond donors (Lipinski definition) is 0. The lowest BCUT2D eigenvalue weighted by molar-refractivity contribution is 0.0368. The largest absolute Gasteiger partial charge is 0.379 e. The SMILES string of the molecule is O=S(=O)(Cl)CC(COC1CCOC1)c1ccccc1. The first-order valence-electron chi connectivity index (χ1n) is 6.21. The molecule has 0 bridgehead atoms. The Kier molecular flexibility index (Phi) is 5.21. The zero-order chi connectivity index (χ0) is 13.7. The van der Waals surface area contributed by atoms with Crippen LogP contribution in [0.4, 0.5) is 0 Å². The van der Waals surface area contributed by atoms with Gasteiger partial charge in [-0.15, -0.1) is 0 Å². The van der Waals surface area contributed by atoms with Gasteiger partial charge in [-0.2, -0.15) is 0 Å². The summed E-state index contributed by atoms with van der Waals surface area (Å²) < 4.78 is 33.5. The summed E-state index contributed by atoms with van der Waals surface area (Å²) in [6, 6.07) is 9.42. The molecule has 0 aromatic heterocycles. The van der Waals surface area contributed by atoms with Gasteiger partial charge in [0.15, 0.2) is 0 Å². The number of rotatable bonds is 6. The average Bonchev–Trinajstić information content (AvgIpc) is 2.87. The van der Waals surface area contributed by atoms with Gasteiger partial charge < -0.3 is 9.47 Å². The van der Waals surface area contributed by atoms with E-state index < -0.39 is 9.05 Å². The van der Waals surface area contributed by atoms with Crippen LogP contribution >= 0.6 is 10.7 Å². The molecular formula is C13H17ClO4S. The lowest BCUT2D eigenvalue weighted by atomic mass is 10.0. The number of halogens is 1. The van der Waals surface area contributed by atoms with Gasteiger partial charge in [0.05, 0.1) is 25.1 Å². The molecule has 0 N–H and O–H groups in total. The Labute approximate surface area is 118 Å². The summed E-state index contributed by atoms with van der Waals surface area (Å²) in [6.45, 7) is 1.62. The maximum absolute atomic E-state index is 11.3. The second-order valence-electron chi connectivity index (χ2n) is 4.63. The maximum atomic E-state index is 11.3. The molecule has 1 fully saturated rings. The van der Waals surface area contributed by atoms with Gasteiger partial charge in [-0.3, -0.25) is 0 Å². The standard InChI is InChI=1S/C13H17ClO4S/c14-19(15,16)10-12(11-4-2-1-3-5-11)8-18-13-6-7-17-9-13/h1-5,12-13H,6-10H2. The van der Waals surface area contributed by atoms with Crippen molar-refractivity contribution in [2.24, 2.45) is 0 Å². The van der Waals surface area contributed by atoms with Crippen LogP contribution in [0.1, 0.15) is 17.9 Å². The van der Waals surface area contributed by atoms with Gasteiger partial charge in [0.2, 0.25) is 9.05 Å². The van der Waals surface area contributed by atoms with Crippen molar-refractivity contribution in [3.63, 3.8) is 0 Å². The van der Waals surface area contributed by atoms with Gasteiger partial charge in [-0.25, -0.2) is 8.42 Å². The first-order valence-corrected chi connectivity index (χ1v) is 8.69. The molecule has 19 heavy (non-hydrogen) atoms. The van der Waals surface area contributed by atoms with Crippen LogP contribution < -0.4 is 0 Å². The molecule has 0 saturated carbocycles. The van der Waals surface area contributed by atoms with Gasteiger partial charge in [0.1, 0.15) is 0 Å². The number of benzene rings is 1. The van der Waals surface area contributed by atoms with Crippen molar-refractivity contribution in [1.29, 1.82) is 0 Å². The molecule has 4 nitrogen and oxygen atoms in total. The fraction of sp³-hybridized carbons (Fsp3) is 0.538. The monoisotopic (exact) mass is 304 g/mol.